The van der Waals surface area contributed by atoms with Crippen LogP contribution in [-0.2, 0) is 10.0 Å². The Balaban J connectivity index is 2.24. The molecule has 1 fully saturated rings. The Kier molecular flexibility index (Phi) is 5.73. The molecule has 2 rings (SSSR count). The highest BCUT2D eigenvalue weighted by atomic mass is 79.9. The highest BCUT2D eigenvalue weighted by Gasteiger charge is 2.28. The van der Waals surface area contributed by atoms with Crippen molar-refractivity contribution in [2.75, 3.05) is 19.3 Å². The van der Waals surface area contributed by atoms with E-state index in [0.717, 1.165) is 17.3 Å². The number of sulfonamides is 1. The standard InChI is InChI=1S/C14H20Br2N2O2S/c1-18(9-10-5-3-2-4-6-10)21(19,20)14-12(16)7-11(15)8-13(14)17/h7-8,10H,2-6,9,17H2,1H3. The Bertz CT molecular complexity index is 590. The minimum Gasteiger partial charge on any atom is -0.398 e. The van der Waals surface area contributed by atoms with Gasteiger partial charge >= 0.3 is 0 Å². The largest absolute Gasteiger partial charge is 0.398 e. The van der Waals surface area contributed by atoms with E-state index < -0.39 is 10.0 Å². The van der Waals surface area contributed by atoms with Crippen LogP contribution in [0.5, 0.6) is 0 Å². The maximum absolute atomic E-state index is 12.8. The Hall–Kier alpha value is -0.110. The summed E-state index contributed by atoms with van der Waals surface area (Å²) in [6.07, 6.45) is 5.87. The van der Waals surface area contributed by atoms with Crippen molar-refractivity contribution >= 4 is 47.6 Å². The van der Waals surface area contributed by atoms with Crippen LogP contribution in [0.3, 0.4) is 0 Å². The van der Waals surface area contributed by atoms with Gasteiger partial charge in [-0.05, 0) is 46.8 Å². The number of anilines is 1. The molecule has 1 aliphatic rings. The quantitative estimate of drug-likeness (QED) is 0.721. The average Bonchev–Trinajstić information content (AvgIpc) is 2.38. The summed E-state index contributed by atoms with van der Waals surface area (Å²) in [5, 5.41) is 0. The second kappa shape index (κ2) is 6.98. The fourth-order valence-electron chi connectivity index (χ4n) is 2.84. The Labute approximate surface area is 143 Å². The molecule has 1 aliphatic carbocycles. The average molecular weight is 440 g/mol. The molecule has 0 atom stereocenters. The molecule has 1 saturated carbocycles. The molecule has 4 nitrogen and oxygen atoms in total. The van der Waals surface area contributed by atoms with Gasteiger partial charge in [0.1, 0.15) is 4.90 Å². The maximum Gasteiger partial charge on any atom is 0.246 e. The molecule has 7 heteroatoms. The van der Waals surface area contributed by atoms with E-state index in [1.165, 1.54) is 23.6 Å². The van der Waals surface area contributed by atoms with E-state index in [0.29, 0.717) is 16.9 Å². The second-order valence-electron chi connectivity index (χ2n) is 5.60. The zero-order valence-corrected chi connectivity index (χ0v) is 16.0. The lowest BCUT2D eigenvalue weighted by Gasteiger charge is -2.27. The van der Waals surface area contributed by atoms with Crippen molar-refractivity contribution in [3.05, 3.63) is 21.1 Å². The van der Waals surface area contributed by atoms with E-state index in [-0.39, 0.29) is 10.6 Å². The SMILES string of the molecule is CN(CC1CCCCC1)S(=O)(=O)c1c(N)cc(Br)cc1Br. The molecule has 2 N–H and O–H groups in total. The Morgan fingerprint density at radius 2 is 1.86 bits per heavy atom. The summed E-state index contributed by atoms with van der Waals surface area (Å²) in [5.41, 5.74) is 6.17. The number of nitrogen functional groups attached to an aromatic ring is 1. The van der Waals surface area contributed by atoms with Gasteiger partial charge in [-0.25, -0.2) is 12.7 Å². The molecule has 0 aromatic heterocycles. The van der Waals surface area contributed by atoms with Gasteiger partial charge in [-0.3, -0.25) is 0 Å². The maximum atomic E-state index is 12.8. The number of hydrogen-bond acceptors (Lipinski definition) is 3. The lowest BCUT2D eigenvalue weighted by atomic mass is 9.89. The molecule has 0 heterocycles. The number of halogens is 2. The van der Waals surface area contributed by atoms with Gasteiger partial charge in [0.05, 0.1) is 5.69 Å². The number of nitrogens with two attached hydrogens (primary N) is 1. The molecular weight excluding hydrogens is 420 g/mol. The zero-order chi connectivity index (χ0) is 15.6. The minimum atomic E-state index is -3.58. The smallest absolute Gasteiger partial charge is 0.246 e. The number of benzene rings is 1. The van der Waals surface area contributed by atoms with Gasteiger partial charge in [-0.2, -0.15) is 0 Å². The van der Waals surface area contributed by atoms with E-state index in [1.54, 1.807) is 19.2 Å². The van der Waals surface area contributed by atoms with Gasteiger partial charge in [0.2, 0.25) is 10.0 Å². The van der Waals surface area contributed by atoms with Crippen LogP contribution in [0.1, 0.15) is 32.1 Å². The van der Waals surface area contributed by atoms with Gasteiger partial charge in [0.15, 0.2) is 0 Å². The predicted molar refractivity (Wildman–Crippen MR) is 92.6 cm³/mol. The van der Waals surface area contributed by atoms with Crippen molar-refractivity contribution in [3.63, 3.8) is 0 Å². The molecule has 21 heavy (non-hydrogen) atoms. The van der Waals surface area contributed by atoms with Crippen molar-refractivity contribution < 1.29 is 8.42 Å². The van der Waals surface area contributed by atoms with Crippen LogP contribution in [0.2, 0.25) is 0 Å². The normalized spacial score (nSPS) is 17.3. The third-order valence-electron chi connectivity index (χ3n) is 3.95. The molecule has 0 radical (unpaired) electrons. The molecule has 0 saturated heterocycles. The van der Waals surface area contributed by atoms with Gasteiger partial charge in [0, 0.05) is 22.5 Å². The van der Waals surface area contributed by atoms with E-state index in [9.17, 15) is 8.42 Å². The van der Waals surface area contributed by atoms with E-state index >= 15 is 0 Å². The summed E-state index contributed by atoms with van der Waals surface area (Å²) in [5.74, 6) is 0.453. The van der Waals surface area contributed by atoms with Crippen molar-refractivity contribution in [2.45, 2.75) is 37.0 Å². The van der Waals surface area contributed by atoms with Crippen LogP contribution in [0.4, 0.5) is 5.69 Å². The van der Waals surface area contributed by atoms with E-state index in [2.05, 4.69) is 31.9 Å². The molecule has 1 aromatic rings. The lowest BCUT2D eigenvalue weighted by Crippen LogP contribution is -2.33. The third kappa shape index (κ3) is 4.00. The molecule has 118 valence electrons. The summed E-state index contributed by atoms with van der Waals surface area (Å²) in [6.45, 7) is 0.560. The highest BCUT2D eigenvalue weighted by Crippen LogP contribution is 2.34. The third-order valence-corrected chi connectivity index (χ3v) is 7.23. The highest BCUT2D eigenvalue weighted by molar-refractivity contribution is 9.11. The topological polar surface area (TPSA) is 63.4 Å². The molecule has 0 amide bonds. The first-order valence-electron chi connectivity index (χ1n) is 7.03. The molecule has 0 spiro atoms. The van der Waals surface area contributed by atoms with Gasteiger partial charge < -0.3 is 5.73 Å². The summed E-state index contributed by atoms with van der Waals surface area (Å²) in [4.78, 5) is 0.156. The zero-order valence-electron chi connectivity index (χ0n) is 12.0. The van der Waals surface area contributed by atoms with E-state index in [1.807, 2.05) is 0 Å². The van der Waals surface area contributed by atoms with Crippen molar-refractivity contribution in [3.8, 4) is 0 Å². The fourth-order valence-corrected chi connectivity index (χ4v) is 6.09. The van der Waals surface area contributed by atoms with Gasteiger partial charge in [-0.1, -0.05) is 35.2 Å². The summed E-state index contributed by atoms with van der Waals surface area (Å²) >= 11 is 6.62. The summed E-state index contributed by atoms with van der Waals surface area (Å²) in [6, 6.07) is 3.32. The lowest BCUT2D eigenvalue weighted by molar-refractivity contribution is 0.300. The van der Waals surface area contributed by atoms with Gasteiger partial charge in [-0.15, -0.1) is 0 Å². The first-order valence-corrected chi connectivity index (χ1v) is 10.1. The van der Waals surface area contributed by atoms with Crippen LogP contribution in [0, 0.1) is 5.92 Å². The predicted octanol–water partition coefficient (Wildman–Crippen LogP) is 3.99. The van der Waals surface area contributed by atoms with Crippen LogP contribution >= 0.6 is 31.9 Å². The first-order chi connectivity index (χ1) is 9.82. The minimum absolute atomic E-state index is 0.156. The van der Waals surface area contributed by atoms with Crippen molar-refractivity contribution in [1.82, 2.24) is 4.31 Å². The van der Waals surface area contributed by atoms with Crippen molar-refractivity contribution in [1.29, 1.82) is 0 Å². The molecule has 0 unspecified atom stereocenters. The fraction of sp³-hybridized carbons (Fsp3) is 0.571. The van der Waals surface area contributed by atoms with Crippen LogP contribution in [-0.4, -0.2) is 26.3 Å². The molecular formula is C14H20Br2N2O2S. The van der Waals surface area contributed by atoms with Crippen LogP contribution < -0.4 is 5.73 Å². The first kappa shape index (κ1) is 17.2. The molecule has 1 aromatic carbocycles. The van der Waals surface area contributed by atoms with Crippen LogP contribution in [0.25, 0.3) is 0 Å². The number of hydrogen-bond donors (Lipinski definition) is 1. The van der Waals surface area contributed by atoms with E-state index in [4.69, 9.17) is 5.73 Å². The van der Waals surface area contributed by atoms with Crippen molar-refractivity contribution in [2.24, 2.45) is 5.92 Å². The Morgan fingerprint density at radius 3 is 2.43 bits per heavy atom. The summed E-state index contributed by atoms with van der Waals surface area (Å²) < 4.78 is 28.2. The molecule has 0 bridgehead atoms. The Morgan fingerprint density at radius 1 is 1.24 bits per heavy atom. The summed E-state index contributed by atoms with van der Waals surface area (Å²) in [7, 11) is -1.94. The monoisotopic (exact) mass is 438 g/mol. The second-order valence-corrected chi connectivity index (χ2v) is 9.35. The number of nitrogens with zero attached hydrogens (tertiary/aromatic N) is 1. The molecule has 0 aliphatic heterocycles. The van der Waals surface area contributed by atoms with Crippen LogP contribution in [0.15, 0.2) is 26.0 Å². The van der Waals surface area contributed by atoms with Gasteiger partial charge in [0.25, 0.3) is 0 Å². The number of rotatable bonds is 4.